The average Bonchev–Trinajstić information content (AvgIpc) is 2.28. The topological polar surface area (TPSA) is 118 Å². The number of rotatable bonds is 1. The zero-order chi connectivity index (χ0) is 10.2. The second-order valence-corrected chi connectivity index (χ2v) is 2.76. The molecule has 4 N–H and O–H groups in total. The Morgan fingerprint density at radius 3 is 2.08 bits per heavy atom. The highest BCUT2D eigenvalue weighted by Gasteiger charge is 2.46. The first-order chi connectivity index (χ1) is 5.95. The van der Waals surface area contributed by atoms with E-state index in [-0.39, 0.29) is 6.42 Å². The van der Waals surface area contributed by atoms with E-state index in [4.69, 9.17) is 20.4 Å². The van der Waals surface area contributed by atoms with Crippen molar-refractivity contribution in [1.29, 1.82) is 0 Å². The number of hydrogen-bond donors (Lipinski definition) is 4. The summed E-state index contributed by atoms with van der Waals surface area (Å²) in [5, 5.41) is 35.2. The fraction of sp³-hybridized carbons (Fsp3) is 0.667. The van der Waals surface area contributed by atoms with Gasteiger partial charge in [0.25, 0.3) is 0 Å². The lowest BCUT2D eigenvalue weighted by molar-refractivity contribution is -0.143. The summed E-state index contributed by atoms with van der Waals surface area (Å²) >= 11 is 0. The first-order valence-corrected chi connectivity index (χ1v) is 3.55. The van der Waals surface area contributed by atoms with Gasteiger partial charge in [0.1, 0.15) is 12.1 Å². The first kappa shape index (κ1) is 9.75. The largest absolute Gasteiger partial charge is 0.480 e. The Morgan fingerprint density at radius 1 is 1.23 bits per heavy atom. The molecule has 0 bridgehead atoms. The third kappa shape index (κ3) is 1.56. The normalized spacial score (nSPS) is 33.4. The van der Waals surface area contributed by atoms with Gasteiger partial charge in [0.15, 0.2) is 6.23 Å². The third-order valence-corrected chi connectivity index (χ3v) is 1.94. The van der Waals surface area contributed by atoms with Crippen molar-refractivity contribution in [3.8, 4) is 0 Å². The highest BCUT2D eigenvalue weighted by molar-refractivity contribution is 5.80. The number of hydrogen-bond acceptors (Lipinski definition) is 4. The first-order valence-electron chi connectivity index (χ1n) is 3.55. The molecule has 0 spiro atoms. The van der Waals surface area contributed by atoms with E-state index in [2.05, 4.69) is 0 Å². The molecule has 0 saturated carbocycles. The van der Waals surface area contributed by atoms with Gasteiger partial charge in [0, 0.05) is 6.42 Å². The SMILES string of the molecule is O=C(O)[C@@H]1C[C@@H](O)C(O)N1C(=O)O. The van der Waals surface area contributed by atoms with Crippen LogP contribution in [0.5, 0.6) is 0 Å². The molecule has 1 heterocycles. The van der Waals surface area contributed by atoms with Crippen molar-refractivity contribution in [3.63, 3.8) is 0 Å². The molecule has 1 aliphatic rings. The van der Waals surface area contributed by atoms with Crippen LogP contribution in [0.2, 0.25) is 0 Å². The Bertz CT molecular complexity index is 241. The summed E-state index contributed by atoms with van der Waals surface area (Å²) in [5.41, 5.74) is 0. The number of aliphatic carboxylic acids is 1. The molecule has 7 nitrogen and oxygen atoms in total. The van der Waals surface area contributed by atoms with E-state index in [1.54, 1.807) is 0 Å². The van der Waals surface area contributed by atoms with Gasteiger partial charge in [-0.15, -0.1) is 0 Å². The fourth-order valence-corrected chi connectivity index (χ4v) is 1.30. The predicted molar refractivity (Wildman–Crippen MR) is 37.9 cm³/mol. The zero-order valence-electron chi connectivity index (χ0n) is 6.49. The Labute approximate surface area is 72.8 Å². The smallest absolute Gasteiger partial charge is 0.410 e. The van der Waals surface area contributed by atoms with Crippen LogP contribution < -0.4 is 0 Å². The van der Waals surface area contributed by atoms with Crippen molar-refractivity contribution in [2.45, 2.75) is 24.8 Å². The molecule has 1 saturated heterocycles. The second kappa shape index (κ2) is 3.19. The van der Waals surface area contributed by atoms with Crippen LogP contribution >= 0.6 is 0 Å². The highest BCUT2D eigenvalue weighted by atomic mass is 16.4. The summed E-state index contributed by atoms with van der Waals surface area (Å²) in [5.74, 6) is -1.38. The Kier molecular flexibility index (Phi) is 2.39. The monoisotopic (exact) mass is 191 g/mol. The molecule has 13 heavy (non-hydrogen) atoms. The number of amides is 1. The van der Waals surface area contributed by atoms with Gasteiger partial charge in [-0.2, -0.15) is 0 Å². The average molecular weight is 191 g/mol. The Hall–Kier alpha value is -1.34. The number of aliphatic hydroxyl groups is 2. The van der Waals surface area contributed by atoms with E-state index in [1.165, 1.54) is 0 Å². The van der Waals surface area contributed by atoms with Gasteiger partial charge in [-0.3, -0.25) is 4.90 Å². The van der Waals surface area contributed by atoms with Gasteiger partial charge in [-0.1, -0.05) is 0 Å². The van der Waals surface area contributed by atoms with Gasteiger partial charge in [0.2, 0.25) is 0 Å². The van der Waals surface area contributed by atoms with Crippen LogP contribution in [0, 0.1) is 0 Å². The number of likely N-dealkylation sites (tertiary alicyclic amines) is 1. The molecule has 1 amide bonds. The molecule has 0 aromatic rings. The lowest BCUT2D eigenvalue weighted by Crippen LogP contribution is -2.45. The molecule has 74 valence electrons. The Balaban J connectivity index is 2.86. The molecule has 1 rings (SSSR count). The summed E-state index contributed by atoms with van der Waals surface area (Å²) < 4.78 is 0. The molecule has 0 radical (unpaired) electrons. The molecule has 1 fully saturated rings. The molecular weight excluding hydrogens is 182 g/mol. The van der Waals surface area contributed by atoms with Gasteiger partial charge in [-0.25, -0.2) is 9.59 Å². The Morgan fingerprint density at radius 2 is 1.77 bits per heavy atom. The lowest BCUT2D eigenvalue weighted by atomic mass is 10.2. The van der Waals surface area contributed by atoms with E-state index >= 15 is 0 Å². The van der Waals surface area contributed by atoms with Crippen molar-refractivity contribution in [2.75, 3.05) is 0 Å². The maximum atomic E-state index is 10.5. The van der Waals surface area contributed by atoms with E-state index < -0.39 is 30.4 Å². The summed E-state index contributed by atoms with van der Waals surface area (Å²) in [6, 6.07) is -1.37. The molecule has 7 heteroatoms. The standard InChI is InChI=1S/C6H9NO6/c8-3-1-2(5(10)11)7(4(3)9)6(12)13/h2-4,8-9H,1H2,(H,10,11)(H,12,13)/t2-,3+,4?/m0/s1. The molecule has 1 unspecified atom stereocenters. The van der Waals surface area contributed by atoms with Crippen LogP contribution in [0.1, 0.15) is 6.42 Å². The maximum absolute atomic E-state index is 10.5. The van der Waals surface area contributed by atoms with Crippen molar-refractivity contribution in [2.24, 2.45) is 0 Å². The van der Waals surface area contributed by atoms with E-state index in [0.29, 0.717) is 4.90 Å². The minimum absolute atomic E-state index is 0.289. The molecule has 0 aromatic carbocycles. The number of carboxylic acid groups (broad SMARTS) is 2. The van der Waals surface area contributed by atoms with Gasteiger partial charge < -0.3 is 20.4 Å². The van der Waals surface area contributed by atoms with E-state index in [9.17, 15) is 9.59 Å². The fourth-order valence-electron chi connectivity index (χ4n) is 1.30. The zero-order valence-corrected chi connectivity index (χ0v) is 6.49. The van der Waals surface area contributed by atoms with Crippen LogP contribution in [0.25, 0.3) is 0 Å². The van der Waals surface area contributed by atoms with Gasteiger partial charge in [-0.05, 0) is 0 Å². The minimum atomic E-state index is -1.65. The van der Waals surface area contributed by atoms with E-state index in [1.807, 2.05) is 0 Å². The number of carbonyl (C=O) groups is 2. The number of aliphatic hydroxyl groups excluding tert-OH is 2. The summed E-state index contributed by atoms with van der Waals surface area (Å²) in [6.45, 7) is 0. The minimum Gasteiger partial charge on any atom is -0.480 e. The van der Waals surface area contributed by atoms with Gasteiger partial charge >= 0.3 is 12.1 Å². The summed E-state index contributed by atoms with van der Waals surface area (Å²) in [4.78, 5) is 21.3. The van der Waals surface area contributed by atoms with Crippen molar-refractivity contribution in [1.82, 2.24) is 4.90 Å². The van der Waals surface area contributed by atoms with Gasteiger partial charge in [0.05, 0.1) is 0 Å². The quantitative estimate of drug-likeness (QED) is 0.400. The summed E-state index contributed by atoms with van der Waals surface area (Å²) in [6.07, 6.45) is -4.84. The third-order valence-electron chi connectivity index (χ3n) is 1.94. The maximum Gasteiger partial charge on any atom is 0.410 e. The number of carboxylic acids is 1. The van der Waals surface area contributed by atoms with Crippen LogP contribution in [0.4, 0.5) is 4.79 Å². The van der Waals surface area contributed by atoms with Crippen molar-refractivity contribution >= 4 is 12.1 Å². The van der Waals surface area contributed by atoms with Crippen LogP contribution in [-0.4, -0.2) is 55.8 Å². The molecule has 3 atom stereocenters. The number of nitrogens with zero attached hydrogens (tertiary/aromatic N) is 1. The molecule has 0 aliphatic carbocycles. The molecule has 0 aromatic heterocycles. The molecular formula is C6H9NO6. The van der Waals surface area contributed by atoms with Crippen molar-refractivity contribution < 1.29 is 30.0 Å². The molecule has 1 aliphatic heterocycles. The summed E-state index contributed by atoms with van der Waals surface area (Å²) in [7, 11) is 0. The van der Waals surface area contributed by atoms with Crippen molar-refractivity contribution in [3.05, 3.63) is 0 Å². The van der Waals surface area contributed by atoms with E-state index in [0.717, 1.165) is 0 Å². The van der Waals surface area contributed by atoms with Crippen LogP contribution in [-0.2, 0) is 4.79 Å². The van der Waals surface area contributed by atoms with Crippen LogP contribution in [0.3, 0.4) is 0 Å². The van der Waals surface area contributed by atoms with Crippen LogP contribution in [0.15, 0.2) is 0 Å². The predicted octanol–water partition coefficient (Wildman–Crippen LogP) is -1.50. The lowest BCUT2D eigenvalue weighted by Gasteiger charge is -2.21. The highest BCUT2D eigenvalue weighted by Crippen LogP contribution is 2.23. The second-order valence-electron chi connectivity index (χ2n) is 2.76.